The third-order valence-electron chi connectivity index (χ3n) is 5.44. The molecule has 1 N–H and O–H groups in total. The van der Waals surface area contributed by atoms with E-state index >= 15 is 0 Å². The minimum absolute atomic E-state index is 0.000363. The quantitative estimate of drug-likeness (QED) is 0.824. The monoisotopic (exact) mass is 380 g/mol. The first-order chi connectivity index (χ1) is 13.0. The number of urea groups is 1. The predicted octanol–water partition coefficient (Wildman–Crippen LogP) is 2.52. The zero-order valence-electron chi connectivity index (χ0n) is 16.1. The van der Waals surface area contributed by atoms with Gasteiger partial charge < -0.3 is 15.1 Å². The van der Waals surface area contributed by atoms with Crippen LogP contribution in [-0.2, 0) is 6.54 Å². The number of carbonyl (C=O) groups excluding carboxylic acids is 1. The molecule has 2 aliphatic heterocycles. The topological polar surface area (TPSA) is 38.8 Å². The number of amides is 2. The summed E-state index contributed by atoms with van der Waals surface area (Å²) in [6.07, 6.45) is 2.32. The van der Waals surface area contributed by atoms with Crippen molar-refractivity contribution in [1.82, 2.24) is 20.0 Å². The molecule has 2 heterocycles. The van der Waals surface area contributed by atoms with E-state index in [-0.39, 0.29) is 6.03 Å². The Hall–Kier alpha value is -1.73. The molecule has 0 bridgehead atoms. The van der Waals surface area contributed by atoms with Gasteiger partial charge in [0.05, 0.1) is 0 Å². The summed E-state index contributed by atoms with van der Waals surface area (Å²) in [7, 11) is 0. The van der Waals surface area contributed by atoms with Crippen LogP contribution < -0.4 is 5.32 Å². The first kappa shape index (κ1) is 20.0. The minimum atomic E-state index is -0.549. The van der Waals surface area contributed by atoms with Crippen molar-refractivity contribution in [2.45, 2.75) is 26.3 Å². The smallest absolute Gasteiger partial charge is 0.317 e. The summed E-state index contributed by atoms with van der Waals surface area (Å²) in [6.45, 7) is 9.47. The van der Waals surface area contributed by atoms with Crippen molar-refractivity contribution in [2.24, 2.45) is 5.92 Å². The van der Waals surface area contributed by atoms with Crippen LogP contribution in [0.4, 0.5) is 13.6 Å². The fourth-order valence-corrected chi connectivity index (χ4v) is 4.01. The van der Waals surface area contributed by atoms with Gasteiger partial charge in [0, 0.05) is 51.9 Å². The molecular weight excluding hydrogens is 350 g/mol. The van der Waals surface area contributed by atoms with E-state index in [1.165, 1.54) is 18.6 Å². The highest BCUT2D eigenvalue weighted by Gasteiger charge is 2.25. The van der Waals surface area contributed by atoms with Crippen LogP contribution in [0.1, 0.15) is 25.3 Å². The molecule has 27 heavy (non-hydrogen) atoms. The van der Waals surface area contributed by atoms with Crippen LogP contribution in [0.2, 0.25) is 0 Å². The van der Waals surface area contributed by atoms with Gasteiger partial charge in [-0.25, -0.2) is 13.6 Å². The molecule has 1 unspecified atom stereocenters. The fraction of sp³-hybridized carbons (Fsp3) is 0.650. The summed E-state index contributed by atoms with van der Waals surface area (Å²) >= 11 is 0. The largest absolute Gasteiger partial charge is 0.338 e. The van der Waals surface area contributed by atoms with Gasteiger partial charge in [-0.1, -0.05) is 6.92 Å². The van der Waals surface area contributed by atoms with Crippen LogP contribution in [0, 0.1) is 17.6 Å². The maximum absolute atomic E-state index is 13.3. The van der Waals surface area contributed by atoms with E-state index in [1.807, 2.05) is 4.90 Å². The lowest BCUT2D eigenvalue weighted by molar-refractivity contribution is 0.134. The Morgan fingerprint density at radius 3 is 2.44 bits per heavy atom. The summed E-state index contributed by atoms with van der Waals surface area (Å²) in [6, 6.07) is 3.62. The number of carbonyl (C=O) groups is 1. The maximum atomic E-state index is 13.3. The Morgan fingerprint density at radius 2 is 1.78 bits per heavy atom. The Labute approximate surface area is 160 Å². The molecule has 7 heteroatoms. The second-order valence-electron chi connectivity index (χ2n) is 7.68. The highest BCUT2D eigenvalue weighted by molar-refractivity contribution is 5.74. The van der Waals surface area contributed by atoms with E-state index < -0.39 is 11.6 Å². The number of benzene rings is 1. The van der Waals surface area contributed by atoms with Crippen molar-refractivity contribution in [2.75, 3.05) is 52.4 Å². The molecular formula is C20H30F2N4O. The highest BCUT2D eigenvalue weighted by atomic mass is 19.1. The van der Waals surface area contributed by atoms with E-state index in [0.29, 0.717) is 44.2 Å². The molecule has 2 aliphatic rings. The standard InChI is InChI=1S/C20H30F2N4O/c1-2-4-24-5-3-16(14-24)13-23-20(27)26-8-6-25(7-9-26)15-17-10-18(21)12-19(22)11-17/h10-12,16H,2-9,13-15H2,1H3,(H,23,27). The van der Waals surface area contributed by atoms with Gasteiger partial charge in [0.1, 0.15) is 11.6 Å². The van der Waals surface area contributed by atoms with Crippen LogP contribution in [0.15, 0.2) is 18.2 Å². The number of hydrogen-bond acceptors (Lipinski definition) is 3. The molecule has 2 amide bonds. The van der Waals surface area contributed by atoms with Crippen molar-refractivity contribution in [3.8, 4) is 0 Å². The van der Waals surface area contributed by atoms with Crippen molar-refractivity contribution < 1.29 is 13.6 Å². The Balaban J connectivity index is 1.38. The number of hydrogen-bond donors (Lipinski definition) is 1. The fourth-order valence-electron chi connectivity index (χ4n) is 4.01. The van der Waals surface area contributed by atoms with Crippen molar-refractivity contribution >= 4 is 6.03 Å². The Bertz CT molecular complexity index is 614. The van der Waals surface area contributed by atoms with Gasteiger partial charge in [-0.15, -0.1) is 0 Å². The second-order valence-corrected chi connectivity index (χ2v) is 7.68. The van der Waals surface area contributed by atoms with Crippen molar-refractivity contribution in [1.29, 1.82) is 0 Å². The van der Waals surface area contributed by atoms with Gasteiger partial charge in [0.25, 0.3) is 0 Å². The van der Waals surface area contributed by atoms with Crippen LogP contribution in [0.5, 0.6) is 0 Å². The molecule has 0 aliphatic carbocycles. The summed E-state index contributed by atoms with van der Waals surface area (Å²) in [5.74, 6) is -0.551. The summed E-state index contributed by atoms with van der Waals surface area (Å²) in [5.41, 5.74) is 0.628. The molecule has 1 aromatic carbocycles. The number of halogens is 2. The molecule has 1 aromatic rings. The van der Waals surface area contributed by atoms with Gasteiger partial charge in [-0.05, 0) is 49.5 Å². The van der Waals surface area contributed by atoms with Crippen LogP contribution in [0.25, 0.3) is 0 Å². The van der Waals surface area contributed by atoms with Crippen LogP contribution >= 0.6 is 0 Å². The normalized spacial score (nSPS) is 21.6. The lowest BCUT2D eigenvalue weighted by Crippen LogP contribution is -2.52. The summed E-state index contributed by atoms with van der Waals surface area (Å²) < 4.78 is 26.6. The molecule has 5 nitrogen and oxygen atoms in total. The zero-order chi connectivity index (χ0) is 19.2. The third kappa shape index (κ3) is 5.87. The average Bonchev–Trinajstić information content (AvgIpc) is 3.07. The lowest BCUT2D eigenvalue weighted by atomic mass is 10.1. The molecule has 0 aromatic heterocycles. The summed E-state index contributed by atoms with van der Waals surface area (Å²) in [4.78, 5) is 18.8. The lowest BCUT2D eigenvalue weighted by Gasteiger charge is -2.35. The van der Waals surface area contributed by atoms with E-state index in [2.05, 4.69) is 22.0 Å². The van der Waals surface area contributed by atoms with Gasteiger partial charge in [-0.3, -0.25) is 4.90 Å². The van der Waals surface area contributed by atoms with Gasteiger partial charge >= 0.3 is 6.03 Å². The molecule has 3 rings (SSSR count). The Kier molecular flexibility index (Phi) is 7.01. The number of likely N-dealkylation sites (tertiary alicyclic amines) is 1. The second kappa shape index (κ2) is 9.46. The van der Waals surface area contributed by atoms with E-state index in [9.17, 15) is 13.6 Å². The molecule has 2 saturated heterocycles. The van der Waals surface area contributed by atoms with Gasteiger partial charge in [0.2, 0.25) is 0 Å². The van der Waals surface area contributed by atoms with E-state index in [4.69, 9.17) is 0 Å². The zero-order valence-corrected chi connectivity index (χ0v) is 16.1. The molecule has 0 spiro atoms. The van der Waals surface area contributed by atoms with E-state index in [0.717, 1.165) is 38.7 Å². The number of piperazine rings is 1. The maximum Gasteiger partial charge on any atom is 0.317 e. The first-order valence-corrected chi connectivity index (χ1v) is 9.96. The molecule has 150 valence electrons. The average molecular weight is 380 g/mol. The first-order valence-electron chi connectivity index (χ1n) is 9.96. The Morgan fingerprint density at radius 1 is 1.07 bits per heavy atom. The van der Waals surface area contributed by atoms with Crippen LogP contribution in [-0.4, -0.2) is 73.1 Å². The highest BCUT2D eigenvalue weighted by Crippen LogP contribution is 2.16. The van der Waals surface area contributed by atoms with Gasteiger partial charge in [-0.2, -0.15) is 0 Å². The molecule has 1 atom stereocenters. The van der Waals surface area contributed by atoms with Crippen molar-refractivity contribution in [3.05, 3.63) is 35.4 Å². The van der Waals surface area contributed by atoms with Gasteiger partial charge in [0.15, 0.2) is 0 Å². The van der Waals surface area contributed by atoms with Crippen molar-refractivity contribution in [3.63, 3.8) is 0 Å². The minimum Gasteiger partial charge on any atom is -0.338 e. The van der Waals surface area contributed by atoms with Crippen LogP contribution in [0.3, 0.4) is 0 Å². The number of nitrogens with one attached hydrogen (secondary N) is 1. The number of rotatable bonds is 6. The molecule has 0 saturated carbocycles. The summed E-state index contributed by atoms with van der Waals surface area (Å²) in [5, 5.41) is 3.08. The SMILES string of the molecule is CCCN1CCC(CNC(=O)N2CCN(Cc3cc(F)cc(F)c3)CC2)C1. The van der Waals surface area contributed by atoms with E-state index in [1.54, 1.807) is 0 Å². The molecule has 0 radical (unpaired) electrons. The predicted molar refractivity (Wildman–Crippen MR) is 101 cm³/mol. The number of nitrogens with zero attached hydrogens (tertiary/aromatic N) is 3. The molecule has 2 fully saturated rings. The third-order valence-corrected chi connectivity index (χ3v) is 5.44.